The van der Waals surface area contributed by atoms with Crippen LogP contribution < -0.4 is 21.2 Å². The molecule has 0 fully saturated rings. The van der Waals surface area contributed by atoms with Crippen LogP contribution in [0.4, 0.5) is 0 Å². The van der Waals surface area contributed by atoms with Gasteiger partial charge in [0.25, 0.3) is 0 Å². The molecule has 0 spiro atoms. The first-order valence-electron chi connectivity index (χ1n) is 13.2. The molecule has 0 aliphatic heterocycles. The summed E-state index contributed by atoms with van der Waals surface area (Å²) >= 11 is 14.3. The second-order valence-corrected chi connectivity index (χ2v) is 27.2. The predicted molar refractivity (Wildman–Crippen MR) is 214 cm³/mol. The Morgan fingerprint density at radius 3 is 0.822 bits per heavy atom. The van der Waals surface area contributed by atoms with Gasteiger partial charge in [0.05, 0.1) is 0 Å². The summed E-state index contributed by atoms with van der Waals surface area (Å²) in [6.07, 6.45) is 0. The van der Waals surface area contributed by atoms with Gasteiger partial charge in [-0.05, 0) is 0 Å². The van der Waals surface area contributed by atoms with Gasteiger partial charge >= 0.3 is 297 Å². The van der Waals surface area contributed by atoms with E-state index < -0.39 is 11.6 Å². The van der Waals surface area contributed by atoms with Crippen LogP contribution in [0, 0.1) is 34.1 Å². The molecule has 10 heteroatoms. The van der Waals surface area contributed by atoms with Crippen molar-refractivity contribution in [2.45, 2.75) is 0 Å². The second-order valence-electron chi connectivity index (χ2n) is 10.7. The Morgan fingerprint density at radius 1 is 0.489 bits per heavy atom. The largest absolute Gasteiger partial charge is 0.358 e. The van der Waals surface area contributed by atoms with Gasteiger partial charge in [-0.2, -0.15) is 0 Å². The third kappa shape index (κ3) is 10.8. The molecule has 0 unspecified atom stereocenters. The summed E-state index contributed by atoms with van der Waals surface area (Å²) in [4.78, 5) is 3.90. The number of rotatable bonds is 6. The molecule has 0 bridgehead atoms. The first kappa shape index (κ1) is 44.7. The summed E-state index contributed by atoms with van der Waals surface area (Å²) in [6, 6.07) is 41.2. The van der Waals surface area contributed by atoms with Crippen molar-refractivity contribution in [3.05, 3.63) is 155 Å². The molecule has 1 radical (unpaired) electrons. The number of nitrogens with zero attached hydrogens (tertiary/aromatic N) is 2. The van der Waals surface area contributed by atoms with Gasteiger partial charge in [0.2, 0.25) is 0 Å². The third-order valence-corrected chi connectivity index (χ3v) is 22.8. The van der Waals surface area contributed by atoms with Crippen molar-refractivity contribution in [1.82, 2.24) is 9.80 Å². The first-order valence-corrected chi connectivity index (χ1v) is 22.1. The molecule has 4 rings (SSSR count). The van der Waals surface area contributed by atoms with Gasteiger partial charge in [-0.15, -0.1) is 0 Å². The van der Waals surface area contributed by atoms with E-state index in [9.17, 15) is 0 Å². The molecular formula is C35H43Au2N2P2S4-2. The van der Waals surface area contributed by atoms with Crippen LogP contribution in [0.15, 0.2) is 121 Å². The fourth-order valence-corrected chi connectivity index (χ4v) is 18.9. The van der Waals surface area contributed by atoms with Crippen LogP contribution >= 0.6 is 58.8 Å². The molecule has 4 aromatic rings. The molecule has 0 aliphatic carbocycles. The fourth-order valence-electron chi connectivity index (χ4n) is 4.15. The minimum Gasteiger partial charge on any atom is -0.358 e. The third-order valence-electron chi connectivity index (χ3n) is 6.75. The summed E-state index contributed by atoms with van der Waals surface area (Å²) in [5.41, 5.74) is 0. The predicted octanol–water partition coefficient (Wildman–Crippen LogP) is 8.98. The van der Waals surface area contributed by atoms with Crippen molar-refractivity contribution in [2.75, 3.05) is 28.2 Å². The molecule has 0 saturated heterocycles. The molecule has 2 nitrogen and oxygen atoms in total. The molecule has 0 aromatic heterocycles. The molecule has 45 heavy (non-hydrogen) atoms. The number of thiocarbonyl (C=S) groups is 2. The molecule has 0 N–H and O–H groups in total. The second kappa shape index (κ2) is 18.5. The summed E-state index contributed by atoms with van der Waals surface area (Å²) in [7, 11) is 7.84. The van der Waals surface area contributed by atoms with E-state index >= 15 is 0 Å². The van der Waals surface area contributed by atoms with Gasteiger partial charge in [-0.1, -0.05) is 0 Å². The summed E-state index contributed by atoms with van der Waals surface area (Å²) in [5.74, 6) is -5.77. The van der Waals surface area contributed by atoms with Gasteiger partial charge in [0, 0.05) is 22.4 Å². The standard InChI is InChI=1S/2C17H20NPS2.CH3.2Au/c2*1-18(2)17(20)21-19(3,4,15-11-7-5-8-12-15)16-13-9-6-10-14-16;;;/h2*5-14H,3-4H2,1-2H3;1H3;;/q2*-2;-1;;+3. The Hall–Kier alpha value is -0.299. The summed E-state index contributed by atoms with van der Waals surface area (Å²) in [5, 5.41) is 4.63. The van der Waals surface area contributed by atoms with Crippen LogP contribution in [0.1, 0.15) is 0 Å². The van der Waals surface area contributed by atoms with Crippen molar-refractivity contribution in [3.8, 4) is 0 Å². The Balaban J connectivity index is 0.000000807. The van der Waals surface area contributed by atoms with E-state index in [1.54, 1.807) is 22.8 Å². The molecular weight excluding hydrogens is 1030 g/mol. The number of hydrogen-bond acceptors (Lipinski definition) is 4. The van der Waals surface area contributed by atoms with Gasteiger partial charge < -0.3 is 7.43 Å². The molecule has 0 aliphatic rings. The summed E-state index contributed by atoms with van der Waals surface area (Å²) < 4.78 is 1.62. The Morgan fingerprint density at radius 2 is 0.667 bits per heavy atom. The van der Waals surface area contributed by atoms with Crippen LogP contribution in [0.2, 0.25) is 0 Å². The molecule has 0 heterocycles. The minimum atomic E-state index is -2.89. The molecule has 251 valence electrons. The monoisotopic (exact) mass is 1080 g/mol. The quantitative estimate of drug-likeness (QED) is 0.0819. The molecule has 0 atom stereocenters. The smallest absolute Gasteiger partial charge is 0.358 e. The zero-order valence-electron chi connectivity index (χ0n) is 26.4. The SMILES string of the molecule is [Au+3].[Au].[CH2-]P([CH2-])(SC(=S)N(C)C)(c1ccccc1)c1ccccc1.[CH2-]P([CH2-])(SC(=S)N(C)C)(c1ccccc1)c1ccccc1.[CH3-]. The maximum Gasteiger partial charge on any atom is -0.358 e. The topological polar surface area (TPSA) is 6.48 Å². The molecule has 4 aromatic carbocycles. The van der Waals surface area contributed by atoms with Gasteiger partial charge in [0.1, 0.15) is 0 Å². The average molecular weight is 1080 g/mol. The van der Waals surface area contributed by atoms with Crippen molar-refractivity contribution < 1.29 is 44.8 Å². The molecule has 0 saturated carbocycles. The van der Waals surface area contributed by atoms with E-state index in [2.05, 4.69) is 75.2 Å². The van der Waals surface area contributed by atoms with Crippen molar-refractivity contribution in [1.29, 1.82) is 0 Å². The summed E-state index contributed by atoms with van der Waals surface area (Å²) in [6.45, 7) is 18.5. The van der Waals surface area contributed by atoms with E-state index in [-0.39, 0.29) is 52.2 Å². The zero-order chi connectivity index (χ0) is 31.1. The first-order chi connectivity index (χ1) is 19.7. The van der Waals surface area contributed by atoms with Gasteiger partial charge in [-0.3, -0.25) is 0 Å². The van der Waals surface area contributed by atoms with Gasteiger partial charge in [-0.25, -0.2) is 0 Å². The minimum absolute atomic E-state index is 0. The van der Waals surface area contributed by atoms with E-state index in [4.69, 9.17) is 24.4 Å². The maximum atomic E-state index is 5.54. The Kier molecular flexibility index (Phi) is 18.3. The van der Waals surface area contributed by atoms with Crippen LogP contribution in [0.3, 0.4) is 0 Å². The van der Waals surface area contributed by atoms with Crippen LogP contribution in [0.25, 0.3) is 0 Å². The van der Waals surface area contributed by atoms with Crippen LogP contribution in [-0.2, 0) is 44.8 Å². The van der Waals surface area contributed by atoms with E-state index in [1.165, 1.54) is 0 Å². The van der Waals surface area contributed by atoms with Crippen molar-refractivity contribution >= 4 is 88.7 Å². The van der Waals surface area contributed by atoms with E-state index in [0.717, 1.165) is 29.9 Å². The van der Waals surface area contributed by atoms with E-state index in [0.29, 0.717) is 0 Å². The zero-order valence-corrected chi connectivity index (χ0v) is 35.8. The molecule has 0 amide bonds. The normalized spacial score (nSPS) is 12.4. The number of hydrogen-bond donors (Lipinski definition) is 0. The van der Waals surface area contributed by atoms with Crippen LogP contribution in [0.5, 0.6) is 0 Å². The van der Waals surface area contributed by atoms with Crippen LogP contribution in [-0.4, -0.2) is 46.6 Å². The fraction of sp³-hybridized carbons (Fsp3) is 0.114. The van der Waals surface area contributed by atoms with Crippen molar-refractivity contribution in [3.63, 3.8) is 0 Å². The Labute approximate surface area is 323 Å². The maximum absolute atomic E-state index is 5.54. The van der Waals surface area contributed by atoms with Gasteiger partial charge in [0.15, 0.2) is 0 Å². The van der Waals surface area contributed by atoms with Crippen molar-refractivity contribution in [2.24, 2.45) is 0 Å². The van der Waals surface area contributed by atoms with E-state index in [1.807, 2.05) is 111 Å². The average Bonchev–Trinajstić information content (AvgIpc) is 2.99. The Bertz CT molecular complexity index is 1290. The number of benzene rings is 4.